The van der Waals surface area contributed by atoms with Crippen molar-refractivity contribution in [3.8, 4) is 0 Å². The number of nitrogens with zero attached hydrogens (tertiary/aromatic N) is 1. The summed E-state index contributed by atoms with van der Waals surface area (Å²) >= 11 is 0. The number of hydrogen-bond donors (Lipinski definition) is 2. The monoisotopic (exact) mass is 377 g/mol. The normalized spacial score (nSPS) is 11.2. The van der Waals surface area contributed by atoms with Gasteiger partial charge in [0.2, 0.25) is 15.9 Å². The van der Waals surface area contributed by atoms with Gasteiger partial charge in [0.25, 0.3) is 5.69 Å². The van der Waals surface area contributed by atoms with E-state index in [2.05, 4.69) is 10.0 Å². The SMILES string of the molecule is Cc1cc(C)cc(NC(=O)CCNS(=O)(=O)c2ccc([N+](=O)[O-])cc2)c1. The number of carbonyl (C=O) groups is 1. The van der Waals surface area contributed by atoms with Gasteiger partial charge in [-0.3, -0.25) is 14.9 Å². The summed E-state index contributed by atoms with van der Waals surface area (Å²) in [5.41, 5.74) is 2.49. The molecule has 0 unspecified atom stereocenters. The maximum atomic E-state index is 12.1. The predicted octanol–water partition coefficient (Wildman–Crippen LogP) is 2.52. The van der Waals surface area contributed by atoms with E-state index in [1.807, 2.05) is 32.0 Å². The van der Waals surface area contributed by atoms with E-state index in [4.69, 9.17) is 0 Å². The zero-order valence-electron chi connectivity index (χ0n) is 14.4. The number of nitrogens with one attached hydrogen (secondary N) is 2. The molecule has 0 spiro atoms. The zero-order valence-corrected chi connectivity index (χ0v) is 15.2. The van der Waals surface area contributed by atoms with Crippen LogP contribution in [0.5, 0.6) is 0 Å². The van der Waals surface area contributed by atoms with Crippen LogP contribution in [0.2, 0.25) is 0 Å². The molecule has 0 atom stereocenters. The standard InChI is InChI=1S/C17H19N3O5S/c1-12-9-13(2)11-14(10-12)19-17(21)7-8-18-26(24,25)16-5-3-15(4-6-16)20(22)23/h3-6,9-11,18H,7-8H2,1-2H3,(H,19,21). The molecule has 2 aromatic carbocycles. The van der Waals surface area contributed by atoms with Gasteiger partial charge in [0.1, 0.15) is 0 Å². The summed E-state index contributed by atoms with van der Waals surface area (Å²) in [7, 11) is -3.84. The minimum Gasteiger partial charge on any atom is -0.326 e. The van der Waals surface area contributed by atoms with E-state index in [0.29, 0.717) is 5.69 Å². The lowest BCUT2D eigenvalue weighted by Crippen LogP contribution is -2.27. The predicted molar refractivity (Wildman–Crippen MR) is 97.4 cm³/mol. The summed E-state index contributed by atoms with van der Waals surface area (Å²) in [6, 6.07) is 10.2. The molecule has 26 heavy (non-hydrogen) atoms. The molecule has 0 aromatic heterocycles. The van der Waals surface area contributed by atoms with Crippen molar-refractivity contribution >= 4 is 27.3 Å². The molecule has 0 aliphatic heterocycles. The molecule has 0 aliphatic carbocycles. The Morgan fingerprint density at radius 3 is 2.19 bits per heavy atom. The summed E-state index contributed by atoms with van der Waals surface area (Å²) < 4.78 is 26.6. The lowest BCUT2D eigenvalue weighted by molar-refractivity contribution is -0.384. The minimum absolute atomic E-state index is 0.0425. The van der Waals surface area contributed by atoms with Gasteiger partial charge in [0.15, 0.2) is 0 Å². The molecule has 0 aliphatic rings. The third-order valence-corrected chi connectivity index (χ3v) is 4.98. The Kier molecular flexibility index (Phi) is 6.06. The number of nitro benzene ring substituents is 1. The number of non-ortho nitro benzene ring substituents is 1. The summed E-state index contributed by atoms with van der Waals surface area (Å²) in [5.74, 6) is -0.318. The summed E-state index contributed by atoms with van der Waals surface area (Å²) in [6.07, 6.45) is -0.0425. The number of benzene rings is 2. The van der Waals surface area contributed by atoms with Gasteiger partial charge < -0.3 is 5.32 Å². The maximum Gasteiger partial charge on any atom is 0.269 e. The van der Waals surface area contributed by atoms with Gasteiger partial charge in [-0.15, -0.1) is 0 Å². The van der Waals surface area contributed by atoms with Gasteiger partial charge >= 0.3 is 0 Å². The molecule has 2 rings (SSSR count). The molecule has 0 radical (unpaired) electrons. The van der Waals surface area contributed by atoms with Crippen LogP contribution in [-0.2, 0) is 14.8 Å². The fourth-order valence-corrected chi connectivity index (χ4v) is 3.43. The summed E-state index contributed by atoms with van der Waals surface area (Å²) in [4.78, 5) is 21.8. The molecule has 0 saturated heterocycles. The number of carbonyl (C=O) groups excluding carboxylic acids is 1. The molecule has 0 fully saturated rings. The van der Waals surface area contributed by atoms with Gasteiger partial charge in [0.05, 0.1) is 9.82 Å². The van der Waals surface area contributed by atoms with Crippen LogP contribution < -0.4 is 10.0 Å². The second kappa shape index (κ2) is 8.07. The van der Waals surface area contributed by atoms with Crippen LogP contribution in [0.25, 0.3) is 0 Å². The van der Waals surface area contributed by atoms with Crippen LogP contribution >= 0.6 is 0 Å². The molecule has 0 saturated carbocycles. The highest BCUT2D eigenvalue weighted by Gasteiger charge is 2.16. The average molecular weight is 377 g/mol. The van der Waals surface area contributed by atoms with Crippen molar-refractivity contribution in [2.45, 2.75) is 25.2 Å². The fourth-order valence-electron chi connectivity index (χ4n) is 2.40. The average Bonchev–Trinajstić information content (AvgIpc) is 2.53. The lowest BCUT2D eigenvalue weighted by Gasteiger charge is -2.09. The number of rotatable bonds is 7. The number of aryl methyl sites for hydroxylation is 2. The zero-order chi connectivity index (χ0) is 19.3. The highest BCUT2D eigenvalue weighted by molar-refractivity contribution is 7.89. The molecule has 2 aromatic rings. The molecule has 1 amide bonds. The molecular formula is C17H19N3O5S. The van der Waals surface area contributed by atoms with Crippen molar-refractivity contribution in [2.75, 3.05) is 11.9 Å². The number of anilines is 1. The van der Waals surface area contributed by atoms with E-state index in [1.54, 1.807) is 0 Å². The van der Waals surface area contributed by atoms with Crippen LogP contribution in [0.1, 0.15) is 17.5 Å². The minimum atomic E-state index is -3.84. The van der Waals surface area contributed by atoms with Gasteiger partial charge in [-0.05, 0) is 49.2 Å². The van der Waals surface area contributed by atoms with Crippen molar-refractivity contribution in [3.05, 3.63) is 63.7 Å². The first kappa shape index (κ1) is 19.5. The Morgan fingerprint density at radius 2 is 1.65 bits per heavy atom. The topological polar surface area (TPSA) is 118 Å². The molecule has 2 N–H and O–H groups in total. The smallest absolute Gasteiger partial charge is 0.269 e. The van der Waals surface area contributed by atoms with E-state index in [1.165, 1.54) is 0 Å². The quantitative estimate of drug-likeness (QED) is 0.568. The second-order valence-electron chi connectivity index (χ2n) is 5.82. The van der Waals surface area contributed by atoms with Crippen LogP contribution in [-0.4, -0.2) is 25.8 Å². The van der Waals surface area contributed by atoms with E-state index in [9.17, 15) is 23.3 Å². The first-order valence-corrected chi connectivity index (χ1v) is 9.28. The number of sulfonamides is 1. The van der Waals surface area contributed by atoms with E-state index < -0.39 is 14.9 Å². The van der Waals surface area contributed by atoms with Crippen molar-refractivity contribution in [2.24, 2.45) is 0 Å². The first-order chi connectivity index (χ1) is 12.2. The van der Waals surface area contributed by atoms with Crippen LogP contribution in [0.15, 0.2) is 47.4 Å². The molecule has 8 nitrogen and oxygen atoms in total. The lowest BCUT2D eigenvalue weighted by atomic mass is 10.1. The Bertz CT molecular complexity index is 904. The Morgan fingerprint density at radius 1 is 1.08 bits per heavy atom. The van der Waals surface area contributed by atoms with Crippen LogP contribution in [0, 0.1) is 24.0 Å². The highest BCUT2D eigenvalue weighted by atomic mass is 32.2. The van der Waals surface area contributed by atoms with Gasteiger partial charge in [0, 0.05) is 30.8 Å². The highest BCUT2D eigenvalue weighted by Crippen LogP contribution is 2.16. The largest absolute Gasteiger partial charge is 0.326 e. The number of hydrogen-bond acceptors (Lipinski definition) is 5. The molecule has 0 heterocycles. The third-order valence-electron chi connectivity index (χ3n) is 3.51. The Hall–Kier alpha value is -2.78. The van der Waals surface area contributed by atoms with Gasteiger partial charge in [-0.2, -0.15) is 0 Å². The van der Waals surface area contributed by atoms with Gasteiger partial charge in [-0.1, -0.05) is 6.07 Å². The second-order valence-corrected chi connectivity index (χ2v) is 7.59. The summed E-state index contributed by atoms with van der Waals surface area (Å²) in [5, 5.41) is 13.3. The van der Waals surface area contributed by atoms with Gasteiger partial charge in [-0.25, -0.2) is 13.1 Å². The number of nitro groups is 1. The van der Waals surface area contributed by atoms with Crippen molar-refractivity contribution < 1.29 is 18.1 Å². The first-order valence-electron chi connectivity index (χ1n) is 7.79. The Labute approximate surface area is 151 Å². The van der Waals surface area contributed by atoms with Crippen LogP contribution in [0.3, 0.4) is 0 Å². The van der Waals surface area contributed by atoms with E-state index in [0.717, 1.165) is 35.4 Å². The molecule has 0 bridgehead atoms. The maximum absolute atomic E-state index is 12.1. The molecule has 9 heteroatoms. The Balaban J connectivity index is 1.91. The van der Waals surface area contributed by atoms with Crippen molar-refractivity contribution in [3.63, 3.8) is 0 Å². The third kappa shape index (κ3) is 5.36. The van der Waals surface area contributed by atoms with Crippen molar-refractivity contribution in [1.29, 1.82) is 0 Å². The van der Waals surface area contributed by atoms with Crippen LogP contribution in [0.4, 0.5) is 11.4 Å². The molecular weight excluding hydrogens is 358 g/mol. The van der Waals surface area contributed by atoms with E-state index in [-0.39, 0.29) is 29.5 Å². The van der Waals surface area contributed by atoms with E-state index >= 15 is 0 Å². The number of amides is 1. The van der Waals surface area contributed by atoms with Crippen molar-refractivity contribution in [1.82, 2.24) is 4.72 Å². The molecule has 138 valence electrons. The fraction of sp³-hybridized carbons (Fsp3) is 0.235. The summed E-state index contributed by atoms with van der Waals surface area (Å²) in [6.45, 7) is 3.75.